The standard InChI is InChI=1S/C51H58FN5O6/c1-4-42(36-8-6-5-7-9-36)49(37-10-14-40(59)15-11-37)38-12-16-41(17-13-38)63-25-24-54-22-20-35(21-23-54)30-55-28-33(2)57(34(3)29-55)46-26-39-31-56(45-18-19-48(61)53-51(45)62)50(47(60)32-58)43(39)27-44(46)52/h5-17,26-27,32-35,45,50,59H,4,18-25,28-31H2,1-3H3,(H,53,61,62). The van der Waals surface area contributed by atoms with Gasteiger partial charge in [0.1, 0.15) is 30.0 Å². The predicted octanol–water partition coefficient (Wildman–Crippen LogP) is 7.02. The molecule has 2 N–H and O–H groups in total. The van der Waals surface area contributed by atoms with E-state index in [0.717, 1.165) is 81.0 Å². The van der Waals surface area contributed by atoms with Crippen LogP contribution in [0.4, 0.5) is 10.1 Å². The van der Waals surface area contributed by atoms with Gasteiger partial charge in [0, 0.05) is 51.2 Å². The van der Waals surface area contributed by atoms with Crippen molar-refractivity contribution in [2.75, 3.05) is 50.8 Å². The summed E-state index contributed by atoms with van der Waals surface area (Å²) in [6.45, 7) is 12.7. The lowest BCUT2D eigenvalue weighted by atomic mass is 9.88. The zero-order valence-electron chi connectivity index (χ0n) is 36.5. The van der Waals surface area contributed by atoms with Crippen molar-refractivity contribution in [3.05, 3.63) is 125 Å². The number of likely N-dealkylation sites (tertiary alicyclic amines) is 1. The number of ether oxygens (including phenoxy) is 1. The zero-order valence-corrected chi connectivity index (χ0v) is 36.5. The molecular weight excluding hydrogens is 798 g/mol. The Morgan fingerprint density at radius 2 is 1.54 bits per heavy atom. The SMILES string of the molecule is CCC(=C(c1ccc(O)cc1)c1ccc(OCCN2CCC(CN3CC(C)N(c4cc5c(cc4F)C(C(=O)C=O)N(C4CCC(=O)NC4=O)C5)C(C)C3)CC2)cc1)c1ccccc1. The van der Waals surface area contributed by atoms with Crippen LogP contribution in [0, 0.1) is 11.7 Å². The van der Waals surface area contributed by atoms with Crippen LogP contribution in [0.2, 0.25) is 0 Å². The molecule has 4 unspecified atom stereocenters. The van der Waals surface area contributed by atoms with Crippen molar-refractivity contribution in [2.45, 2.75) is 83.6 Å². The number of aromatic hydroxyl groups is 1. The number of ketones is 1. The number of piperazine rings is 1. The number of carbonyl (C=O) groups is 4. The molecule has 0 aromatic heterocycles. The quantitative estimate of drug-likeness (QED) is 0.0593. The highest BCUT2D eigenvalue weighted by atomic mass is 19.1. The zero-order chi connectivity index (χ0) is 44.2. The summed E-state index contributed by atoms with van der Waals surface area (Å²) in [5.41, 5.74) is 7.30. The van der Waals surface area contributed by atoms with Crippen molar-refractivity contribution < 1.29 is 33.4 Å². The van der Waals surface area contributed by atoms with Crippen molar-refractivity contribution in [1.29, 1.82) is 0 Å². The third kappa shape index (κ3) is 9.63. The van der Waals surface area contributed by atoms with Crippen molar-refractivity contribution in [3.63, 3.8) is 0 Å². The number of nitrogens with one attached hydrogen (secondary N) is 1. The van der Waals surface area contributed by atoms with Gasteiger partial charge in [0.2, 0.25) is 17.6 Å². The highest BCUT2D eigenvalue weighted by Crippen LogP contribution is 2.42. The van der Waals surface area contributed by atoms with Gasteiger partial charge < -0.3 is 14.7 Å². The molecule has 3 saturated heterocycles. The normalized spacial score (nSPS) is 23.0. The summed E-state index contributed by atoms with van der Waals surface area (Å²) in [7, 11) is 0. The van der Waals surface area contributed by atoms with E-state index in [9.17, 15) is 24.3 Å². The van der Waals surface area contributed by atoms with Crippen LogP contribution < -0.4 is 15.0 Å². The van der Waals surface area contributed by atoms with Crippen LogP contribution in [0.3, 0.4) is 0 Å². The molecule has 63 heavy (non-hydrogen) atoms. The number of Topliss-reactive ketones (excluding diaryl/α,β-unsaturated/α-hetero) is 1. The monoisotopic (exact) mass is 855 g/mol. The molecule has 4 aliphatic rings. The fraction of sp³-hybridized carbons (Fsp3) is 0.412. The summed E-state index contributed by atoms with van der Waals surface area (Å²) in [6.07, 6.45) is 3.67. The van der Waals surface area contributed by atoms with Crippen LogP contribution in [0.25, 0.3) is 11.1 Å². The van der Waals surface area contributed by atoms with Gasteiger partial charge in [-0.25, -0.2) is 4.39 Å². The molecule has 4 aliphatic heterocycles. The van der Waals surface area contributed by atoms with Gasteiger partial charge in [-0.3, -0.25) is 39.2 Å². The number of rotatable bonds is 14. The molecule has 0 radical (unpaired) electrons. The largest absolute Gasteiger partial charge is 0.508 e. The number of fused-ring (bicyclic) bond motifs is 1. The van der Waals surface area contributed by atoms with Gasteiger partial charge in [0.15, 0.2) is 6.29 Å². The summed E-state index contributed by atoms with van der Waals surface area (Å²) < 4.78 is 22.4. The topological polar surface area (TPSA) is 123 Å². The number of hydrogen-bond donors (Lipinski definition) is 2. The van der Waals surface area contributed by atoms with Crippen molar-refractivity contribution in [3.8, 4) is 11.5 Å². The highest BCUT2D eigenvalue weighted by molar-refractivity contribution is 6.27. The summed E-state index contributed by atoms with van der Waals surface area (Å²) in [5, 5.41) is 12.3. The van der Waals surface area contributed by atoms with Crippen molar-refractivity contribution in [2.24, 2.45) is 5.92 Å². The van der Waals surface area contributed by atoms with Gasteiger partial charge in [-0.05, 0) is 134 Å². The summed E-state index contributed by atoms with van der Waals surface area (Å²) in [6, 6.07) is 27.6. The molecule has 0 saturated carbocycles. The molecule has 0 spiro atoms. The molecule has 8 rings (SSSR count). The molecule has 330 valence electrons. The van der Waals surface area contributed by atoms with Crippen molar-refractivity contribution >= 4 is 40.7 Å². The molecular formula is C51H58FN5O6. The van der Waals surface area contributed by atoms with E-state index in [0.29, 0.717) is 29.3 Å². The van der Waals surface area contributed by atoms with E-state index in [4.69, 9.17) is 4.74 Å². The van der Waals surface area contributed by atoms with Gasteiger partial charge >= 0.3 is 0 Å². The summed E-state index contributed by atoms with van der Waals surface area (Å²) >= 11 is 0. The first-order valence-electron chi connectivity index (χ1n) is 22.5. The van der Waals surface area contributed by atoms with E-state index in [1.165, 1.54) is 17.2 Å². The van der Waals surface area contributed by atoms with Crippen molar-refractivity contribution in [1.82, 2.24) is 20.0 Å². The number of carbonyl (C=O) groups excluding carboxylic acids is 4. The number of anilines is 1. The molecule has 3 fully saturated rings. The number of benzene rings is 4. The molecule has 0 bridgehead atoms. The fourth-order valence-corrected chi connectivity index (χ4v) is 10.5. The van der Waals surface area contributed by atoms with Crippen LogP contribution in [-0.2, 0) is 25.7 Å². The Morgan fingerprint density at radius 3 is 2.17 bits per heavy atom. The van der Waals surface area contributed by atoms with Crippen LogP contribution in [-0.4, -0.2) is 108 Å². The number of hydrogen-bond acceptors (Lipinski definition) is 10. The first-order valence-corrected chi connectivity index (χ1v) is 22.5. The Balaban J connectivity index is 0.831. The average molecular weight is 856 g/mol. The Morgan fingerprint density at radius 1 is 0.873 bits per heavy atom. The lowest BCUT2D eigenvalue weighted by Crippen LogP contribution is -2.58. The number of allylic oxidation sites excluding steroid dienone is 1. The Kier molecular flexibility index (Phi) is 13.5. The predicted molar refractivity (Wildman–Crippen MR) is 242 cm³/mol. The molecule has 12 heteroatoms. The van der Waals surface area contributed by atoms with E-state index in [2.05, 4.69) is 77.2 Å². The second kappa shape index (κ2) is 19.4. The number of phenolic OH excluding ortho intramolecular Hbond substituents is 1. The fourth-order valence-electron chi connectivity index (χ4n) is 10.5. The Labute approximate surface area is 369 Å². The minimum absolute atomic E-state index is 0.0284. The maximum atomic E-state index is 16.1. The van der Waals surface area contributed by atoms with Crippen LogP contribution in [0.1, 0.15) is 86.7 Å². The van der Waals surface area contributed by atoms with Gasteiger partial charge in [-0.1, -0.05) is 61.5 Å². The molecule has 4 aromatic rings. The van der Waals surface area contributed by atoms with Gasteiger partial charge in [-0.15, -0.1) is 0 Å². The molecule has 2 amide bonds. The van der Waals surface area contributed by atoms with Crippen LogP contribution in [0.5, 0.6) is 11.5 Å². The highest BCUT2D eigenvalue weighted by Gasteiger charge is 2.44. The second-order valence-electron chi connectivity index (χ2n) is 17.7. The lowest BCUT2D eigenvalue weighted by molar-refractivity contribution is -0.141. The maximum Gasteiger partial charge on any atom is 0.243 e. The number of aldehydes is 1. The average Bonchev–Trinajstić information content (AvgIpc) is 3.64. The van der Waals surface area contributed by atoms with E-state index in [1.807, 2.05) is 30.3 Å². The number of imide groups is 1. The van der Waals surface area contributed by atoms with Gasteiger partial charge in [0.05, 0.1) is 11.7 Å². The van der Waals surface area contributed by atoms with Gasteiger partial charge in [0.25, 0.3) is 0 Å². The van der Waals surface area contributed by atoms with E-state index in [-0.39, 0.29) is 49.4 Å². The number of halogens is 1. The number of piperidine rings is 2. The molecule has 4 heterocycles. The second-order valence-corrected chi connectivity index (χ2v) is 17.7. The lowest BCUT2D eigenvalue weighted by Gasteiger charge is -2.47. The van der Waals surface area contributed by atoms with E-state index < -0.39 is 29.6 Å². The smallest absolute Gasteiger partial charge is 0.243 e. The van der Waals surface area contributed by atoms with E-state index in [1.54, 1.807) is 23.1 Å². The summed E-state index contributed by atoms with van der Waals surface area (Å²) in [5.74, 6) is -0.402. The Bertz CT molecular complexity index is 2320. The van der Waals surface area contributed by atoms with E-state index >= 15 is 4.39 Å². The minimum atomic E-state index is -1.07. The first kappa shape index (κ1) is 43.9. The maximum absolute atomic E-state index is 16.1. The van der Waals surface area contributed by atoms with Crippen LogP contribution >= 0.6 is 0 Å². The van der Waals surface area contributed by atoms with Gasteiger partial charge in [-0.2, -0.15) is 0 Å². The minimum Gasteiger partial charge on any atom is -0.508 e. The number of nitrogens with zero attached hydrogens (tertiary/aromatic N) is 4. The molecule has 4 atom stereocenters. The first-order chi connectivity index (χ1) is 30.5. The number of amides is 2. The third-order valence-electron chi connectivity index (χ3n) is 13.4. The summed E-state index contributed by atoms with van der Waals surface area (Å²) in [4.78, 5) is 58.0. The Hall–Kier alpha value is -5.69. The van der Waals surface area contributed by atoms with Crippen LogP contribution in [0.15, 0.2) is 91.0 Å². The molecule has 0 aliphatic carbocycles. The number of phenols is 1. The molecule has 4 aromatic carbocycles. The molecule has 11 nitrogen and oxygen atoms in total. The third-order valence-corrected chi connectivity index (χ3v) is 13.4.